The number of carbonyl (C=O) groups excluding carboxylic acids is 1. The molecule has 0 atom stereocenters. The summed E-state index contributed by atoms with van der Waals surface area (Å²) in [6, 6.07) is 10.8. The van der Waals surface area contributed by atoms with Gasteiger partial charge in [-0.1, -0.05) is 24.3 Å². The van der Waals surface area contributed by atoms with Gasteiger partial charge in [0.05, 0.1) is 6.54 Å². The number of carbonyl (C=O) groups is 1. The second kappa shape index (κ2) is 7.94. The van der Waals surface area contributed by atoms with E-state index in [-0.39, 0.29) is 22.9 Å². The van der Waals surface area contributed by atoms with Crippen molar-refractivity contribution in [1.29, 1.82) is 0 Å². The molecule has 0 aliphatic carbocycles. The molecule has 0 aliphatic rings. The maximum Gasteiger partial charge on any atom is 0.459 e. The molecule has 0 aliphatic heterocycles. The van der Waals surface area contributed by atoms with Crippen LogP contribution in [0.1, 0.15) is 33.0 Å². The summed E-state index contributed by atoms with van der Waals surface area (Å²) < 4.78 is 68.7. The van der Waals surface area contributed by atoms with Crippen LogP contribution in [0.15, 0.2) is 48.7 Å². The lowest BCUT2D eigenvalue weighted by Crippen LogP contribution is -2.36. The van der Waals surface area contributed by atoms with Gasteiger partial charge in [0, 0.05) is 24.0 Å². The number of hydrogen-bond donors (Lipinski definition) is 1. The zero-order chi connectivity index (χ0) is 24.0. The number of halogens is 5. The molecule has 0 saturated carbocycles. The fourth-order valence-corrected chi connectivity index (χ4v) is 3.24. The molecule has 1 amide bonds. The van der Waals surface area contributed by atoms with Crippen LogP contribution in [0.3, 0.4) is 0 Å². The number of rotatable bonds is 5. The highest BCUT2D eigenvalue weighted by Gasteiger charge is 2.60. The average Bonchev–Trinajstić information content (AvgIpc) is 3.35. The van der Waals surface area contributed by atoms with Crippen molar-refractivity contribution in [3.63, 3.8) is 0 Å². The third-order valence-corrected chi connectivity index (χ3v) is 4.94. The number of nitrogens with one attached hydrogen (secondary N) is 1. The molecule has 3 aromatic heterocycles. The lowest BCUT2D eigenvalue weighted by atomic mass is 10.1. The van der Waals surface area contributed by atoms with E-state index in [2.05, 4.69) is 20.5 Å². The van der Waals surface area contributed by atoms with Crippen molar-refractivity contribution >= 4 is 17.4 Å². The van der Waals surface area contributed by atoms with Crippen molar-refractivity contribution in [3.8, 4) is 0 Å². The second-order valence-corrected chi connectivity index (χ2v) is 7.43. The fraction of sp³-hybridized carbons (Fsp3) is 0.238. The molecule has 0 saturated heterocycles. The largest absolute Gasteiger partial charge is 0.459 e. The number of benzene rings is 1. The molecule has 172 valence electrons. The third-order valence-electron chi connectivity index (χ3n) is 4.94. The molecule has 0 radical (unpaired) electrons. The van der Waals surface area contributed by atoms with Crippen LogP contribution in [0.4, 0.5) is 27.8 Å². The van der Waals surface area contributed by atoms with Gasteiger partial charge >= 0.3 is 12.1 Å². The molecule has 4 rings (SSSR count). The average molecular weight is 464 g/mol. The Hall–Kier alpha value is -3.83. The van der Waals surface area contributed by atoms with Gasteiger partial charge in [-0.2, -0.15) is 32.1 Å². The van der Waals surface area contributed by atoms with Crippen LogP contribution in [-0.2, 0) is 12.5 Å². The number of aryl methyl sites for hydroxylation is 2. The summed E-state index contributed by atoms with van der Waals surface area (Å²) in [6.07, 6.45) is -4.20. The molecule has 0 spiro atoms. The first-order chi connectivity index (χ1) is 15.5. The monoisotopic (exact) mass is 464 g/mol. The topological polar surface area (TPSA) is 77.1 Å². The minimum absolute atomic E-state index is 0.0803. The number of nitrogens with zero attached hydrogens (tertiary/aromatic N) is 5. The molecule has 0 bridgehead atoms. The minimum Gasteiger partial charge on any atom is -0.304 e. The Kier molecular flexibility index (Phi) is 5.38. The van der Waals surface area contributed by atoms with E-state index < -0.39 is 23.7 Å². The minimum atomic E-state index is -5.84. The van der Waals surface area contributed by atoms with E-state index in [0.717, 1.165) is 17.2 Å². The van der Waals surface area contributed by atoms with Crippen LogP contribution < -0.4 is 5.32 Å². The van der Waals surface area contributed by atoms with Crippen LogP contribution in [0.5, 0.6) is 0 Å². The maximum atomic E-state index is 14.0. The van der Waals surface area contributed by atoms with E-state index >= 15 is 0 Å². The normalized spacial score (nSPS) is 12.3. The van der Waals surface area contributed by atoms with Gasteiger partial charge in [-0.3, -0.25) is 9.48 Å². The predicted molar refractivity (Wildman–Crippen MR) is 108 cm³/mol. The van der Waals surface area contributed by atoms with Crippen molar-refractivity contribution < 1.29 is 26.7 Å². The summed E-state index contributed by atoms with van der Waals surface area (Å²) in [5, 5.41) is 10.3. The van der Waals surface area contributed by atoms with Crippen LogP contribution in [0.2, 0.25) is 0 Å². The Balaban J connectivity index is 1.59. The lowest BCUT2D eigenvalue weighted by Gasteiger charge is -2.20. The number of hydrogen-bond acceptors (Lipinski definition) is 4. The number of amides is 1. The zero-order valence-electron chi connectivity index (χ0n) is 17.4. The van der Waals surface area contributed by atoms with Crippen molar-refractivity contribution in [2.45, 2.75) is 32.5 Å². The van der Waals surface area contributed by atoms with Gasteiger partial charge in [0.15, 0.2) is 17.2 Å². The molecule has 4 aromatic rings. The summed E-state index contributed by atoms with van der Waals surface area (Å²) in [7, 11) is 0. The third kappa shape index (κ3) is 4.28. The van der Waals surface area contributed by atoms with E-state index in [1.54, 1.807) is 10.9 Å². The Morgan fingerprint density at radius 2 is 1.76 bits per heavy atom. The number of anilines is 1. The highest BCUT2D eigenvalue weighted by Crippen LogP contribution is 2.43. The molecule has 7 nitrogen and oxygen atoms in total. The van der Waals surface area contributed by atoms with Crippen molar-refractivity contribution in [2.24, 2.45) is 0 Å². The summed E-state index contributed by atoms with van der Waals surface area (Å²) in [5.74, 6) is -5.86. The van der Waals surface area contributed by atoms with E-state index in [0.29, 0.717) is 17.1 Å². The first-order valence-electron chi connectivity index (χ1n) is 9.67. The predicted octanol–water partition coefficient (Wildman–Crippen LogP) is 4.50. The molecular weight excluding hydrogens is 447 g/mol. The quantitative estimate of drug-likeness (QED) is 0.442. The highest BCUT2D eigenvalue weighted by molar-refractivity contribution is 6.02. The maximum absolute atomic E-state index is 14.0. The van der Waals surface area contributed by atoms with E-state index in [1.807, 2.05) is 31.2 Å². The molecule has 3 heterocycles. The lowest BCUT2D eigenvalue weighted by molar-refractivity contribution is -0.291. The van der Waals surface area contributed by atoms with E-state index in [4.69, 9.17) is 0 Å². The molecular formula is C21H17F5N6O. The Morgan fingerprint density at radius 3 is 2.45 bits per heavy atom. The van der Waals surface area contributed by atoms with Crippen LogP contribution >= 0.6 is 0 Å². The highest BCUT2D eigenvalue weighted by atomic mass is 19.4. The molecule has 0 fully saturated rings. The number of alkyl halides is 5. The van der Waals surface area contributed by atoms with Gasteiger partial charge in [0.1, 0.15) is 5.69 Å². The van der Waals surface area contributed by atoms with Gasteiger partial charge in [-0.15, -0.1) is 0 Å². The molecule has 1 aromatic carbocycles. The van der Waals surface area contributed by atoms with Gasteiger partial charge in [-0.25, -0.2) is 9.50 Å². The van der Waals surface area contributed by atoms with Crippen LogP contribution in [0, 0.1) is 13.8 Å². The van der Waals surface area contributed by atoms with Crippen molar-refractivity contribution in [1.82, 2.24) is 24.4 Å². The Bertz CT molecular complexity index is 1340. The summed E-state index contributed by atoms with van der Waals surface area (Å²) in [6.45, 7) is 3.68. The second-order valence-electron chi connectivity index (χ2n) is 7.43. The molecule has 0 unspecified atom stereocenters. The Labute approximate surface area is 183 Å². The van der Waals surface area contributed by atoms with Crippen LogP contribution in [-0.4, -0.2) is 36.5 Å². The van der Waals surface area contributed by atoms with E-state index in [1.165, 1.54) is 13.0 Å². The SMILES string of the molecule is Cc1cc(C(F)(F)C(F)(F)F)n2nc(C(=O)Nc3ccn(Cc4ccccc4C)n3)cc2n1. The smallest absolute Gasteiger partial charge is 0.304 e. The van der Waals surface area contributed by atoms with Gasteiger partial charge in [0.25, 0.3) is 5.91 Å². The summed E-state index contributed by atoms with van der Waals surface area (Å²) in [5.41, 5.74) is -0.122. The number of fused-ring (bicyclic) bond motifs is 1. The van der Waals surface area contributed by atoms with Gasteiger partial charge in [0.2, 0.25) is 0 Å². The standard InChI is InChI=1S/C21H17F5N6O/c1-12-5-3-4-6-14(12)11-31-8-7-17(30-31)28-19(33)15-10-18-27-13(2)9-16(32(18)29-15)20(22,23)21(24,25)26/h3-10H,11H2,1-2H3,(H,28,30,33). The molecule has 12 heteroatoms. The molecule has 1 N–H and O–H groups in total. The first-order valence-corrected chi connectivity index (χ1v) is 9.67. The van der Waals surface area contributed by atoms with Crippen molar-refractivity contribution in [2.75, 3.05) is 5.32 Å². The zero-order valence-corrected chi connectivity index (χ0v) is 17.4. The van der Waals surface area contributed by atoms with Gasteiger partial charge in [-0.05, 0) is 31.0 Å². The van der Waals surface area contributed by atoms with Gasteiger partial charge < -0.3 is 5.32 Å². The first kappa shape index (κ1) is 22.4. The molecule has 33 heavy (non-hydrogen) atoms. The van der Waals surface area contributed by atoms with E-state index in [9.17, 15) is 26.7 Å². The summed E-state index contributed by atoms with van der Waals surface area (Å²) in [4.78, 5) is 16.5. The Morgan fingerprint density at radius 1 is 1.03 bits per heavy atom. The summed E-state index contributed by atoms with van der Waals surface area (Å²) >= 11 is 0. The fourth-order valence-electron chi connectivity index (χ4n) is 3.24. The van der Waals surface area contributed by atoms with Crippen LogP contribution in [0.25, 0.3) is 5.65 Å². The number of aromatic nitrogens is 5. The van der Waals surface area contributed by atoms with Crippen molar-refractivity contribution in [3.05, 3.63) is 76.9 Å².